The number of hydrogen-bond donors (Lipinski definition) is 1. The van der Waals surface area contributed by atoms with E-state index in [1.165, 1.54) is 11.6 Å². The van der Waals surface area contributed by atoms with Crippen LogP contribution in [0.25, 0.3) is 0 Å². The Labute approximate surface area is 154 Å². The third-order valence-corrected chi connectivity index (χ3v) is 5.42. The molecular formula is C21H26FN3O. The Hall–Kier alpha value is -2.14. The summed E-state index contributed by atoms with van der Waals surface area (Å²) < 4.78 is 19.0. The molecule has 0 unspecified atom stereocenters. The van der Waals surface area contributed by atoms with E-state index >= 15 is 0 Å². The monoisotopic (exact) mass is 355 g/mol. The predicted molar refractivity (Wildman–Crippen MR) is 102 cm³/mol. The molecule has 26 heavy (non-hydrogen) atoms. The van der Waals surface area contributed by atoms with Gasteiger partial charge in [-0.2, -0.15) is 0 Å². The number of aromatic nitrogens is 1. The van der Waals surface area contributed by atoms with Gasteiger partial charge in [0.2, 0.25) is 0 Å². The van der Waals surface area contributed by atoms with Crippen LogP contribution in [0, 0.1) is 5.82 Å². The molecule has 4 nitrogen and oxygen atoms in total. The van der Waals surface area contributed by atoms with Crippen LogP contribution in [0.4, 0.5) is 15.9 Å². The van der Waals surface area contributed by atoms with Crippen molar-refractivity contribution in [2.75, 3.05) is 36.5 Å². The Morgan fingerprint density at radius 2 is 2.00 bits per heavy atom. The Morgan fingerprint density at radius 3 is 2.85 bits per heavy atom. The molecule has 0 aliphatic carbocycles. The minimum atomic E-state index is -0.177. The van der Waals surface area contributed by atoms with Crippen LogP contribution in [0.5, 0.6) is 0 Å². The van der Waals surface area contributed by atoms with Crippen LogP contribution < -0.4 is 10.2 Å². The number of anilines is 2. The SMILES string of the molecule is Fc1cccc(N2CCC[C@@H](Nc3cc(C4CCOCC4)ccn3)C2)c1. The van der Waals surface area contributed by atoms with Gasteiger partial charge in [-0.25, -0.2) is 9.37 Å². The summed E-state index contributed by atoms with van der Waals surface area (Å²) in [5.41, 5.74) is 2.31. The lowest BCUT2D eigenvalue weighted by atomic mass is 9.92. The zero-order valence-electron chi connectivity index (χ0n) is 15.0. The van der Waals surface area contributed by atoms with Gasteiger partial charge in [0.1, 0.15) is 11.6 Å². The largest absolute Gasteiger partial charge is 0.381 e. The summed E-state index contributed by atoms with van der Waals surface area (Å²) in [5.74, 6) is 1.34. The normalized spacial score (nSPS) is 21.6. The number of piperidine rings is 1. The molecule has 0 radical (unpaired) electrons. The Bertz CT molecular complexity index is 733. The summed E-state index contributed by atoms with van der Waals surface area (Å²) in [5, 5.41) is 3.60. The van der Waals surface area contributed by atoms with Crippen molar-refractivity contribution >= 4 is 11.5 Å². The van der Waals surface area contributed by atoms with Crippen LogP contribution in [-0.4, -0.2) is 37.3 Å². The summed E-state index contributed by atoms with van der Waals surface area (Å²) in [4.78, 5) is 6.78. The van der Waals surface area contributed by atoms with Crippen molar-refractivity contribution in [3.05, 3.63) is 54.0 Å². The molecule has 0 amide bonds. The summed E-state index contributed by atoms with van der Waals surface area (Å²) in [6, 6.07) is 11.5. The van der Waals surface area contributed by atoms with Crippen LogP contribution in [0.1, 0.15) is 37.2 Å². The topological polar surface area (TPSA) is 37.4 Å². The molecule has 0 bridgehead atoms. The van der Waals surface area contributed by atoms with Gasteiger partial charge in [-0.05, 0) is 67.5 Å². The van der Waals surface area contributed by atoms with Gasteiger partial charge in [0, 0.05) is 44.2 Å². The average Bonchev–Trinajstić information content (AvgIpc) is 2.69. The van der Waals surface area contributed by atoms with Gasteiger partial charge in [-0.3, -0.25) is 0 Å². The van der Waals surface area contributed by atoms with E-state index in [1.54, 1.807) is 12.1 Å². The third kappa shape index (κ3) is 4.15. The fraction of sp³-hybridized carbons (Fsp3) is 0.476. The Kier molecular flexibility index (Phi) is 5.34. The van der Waals surface area contributed by atoms with Crippen molar-refractivity contribution in [2.45, 2.75) is 37.6 Å². The molecule has 2 fully saturated rings. The Balaban J connectivity index is 1.42. The molecule has 2 aliphatic heterocycles. The second-order valence-corrected chi connectivity index (χ2v) is 7.27. The maximum atomic E-state index is 13.5. The van der Waals surface area contributed by atoms with Gasteiger partial charge in [-0.1, -0.05) is 6.07 Å². The van der Waals surface area contributed by atoms with Crippen LogP contribution in [0.2, 0.25) is 0 Å². The van der Waals surface area contributed by atoms with E-state index in [0.717, 1.165) is 63.5 Å². The van der Waals surface area contributed by atoms with E-state index in [2.05, 4.69) is 27.3 Å². The maximum Gasteiger partial charge on any atom is 0.126 e. The molecule has 2 aliphatic rings. The fourth-order valence-electron chi connectivity index (χ4n) is 4.02. The highest BCUT2D eigenvalue weighted by Crippen LogP contribution is 2.28. The van der Waals surface area contributed by atoms with Crippen LogP contribution in [0.3, 0.4) is 0 Å². The zero-order valence-corrected chi connectivity index (χ0v) is 15.0. The maximum absolute atomic E-state index is 13.5. The highest BCUT2D eigenvalue weighted by atomic mass is 19.1. The molecule has 4 rings (SSSR count). The van der Waals surface area contributed by atoms with Gasteiger partial charge in [0.05, 0.1) is 0 Å². The van der Waals surface area contributed by atoms with Crippen molar-refractivity contribution in [3.63, 3.8) is 0 Å². The first-order valence-electron chi connectivity index (χ1n) is 9.59. The van der Waals surface area contributed by atoms with Crippen molar-refractivity contribution in [2.24, 2.45) is 0 Å². The number of nitrogens with zero attached hydrogens (tertiary/aromatic N) is 2. The molecule has 5 heteroatoms. The van der Waals surface area contributed by atoms with Gasteiger partial charge in [0.25, 0.3) is 0 Å². The van der Waals surface area contributed by atoms with Gasteiger partial charge >= 0.3 is 0 Å². The number of benzene rings is 1. The molecule has 0 spiro atoms. The van der Waals surface area contributed by atoms with E-state index in [1.807, 2.05) is 12.3 Å². The number of pyridine rings is 1. The van der Waals surface area contributed by atoms with Crippen molar-refractivity contribution in [1.29, 1.82) is 0 Å². The highest BCUT2D eigenvalue weighted by Gasteiger charge is 2.21. The van der Waals surface area contributed by atoms with Crippen molar-refractivity contribution < 1.29 is 9.13 Å². The molecule has 1 aromatic carbocycles. The van der Waals surface area contributed by atoms with E-state index in [-0.39, 0.29) is 5.82 Å². The van der Waals surface area contributed by atoms with Crippen LogP contribution in [-0.2, 0) is 4.74 Å². The summed E-state index contributed by atoms with van der Waals surface area (Å²) in [6.45, 7) is 3.53. The zero-order chi connectivity index (χ0) is 17.8. The first kappa shape index (κ1) is 17.3. The lowest BCUT2D eigenvalue weighted by Crippen LogP contribution is -2.42. The predicted octanol–water partition coefficient (Wildman–Crippen LogP) is 4.20. The fourth-order valence-corrected chi connectivity index (χ4v) is 4.02. The number of rotatable bonds is 4. The molecule has 2 aromatic rings. The minimum absolute atomic E-state index is 0.177. The first-order valence-corrected chi connectivity index (χ1v) is 9.59. The number of hydrogen-bond acceptors (Lipinski definition) is 4. The van der Waals surface area contributed by atoms with E-state index < -0.39 is 0 Å². The number of ether oxygens (including phenoxy) is 1. The molecule has 1 N–H and O–H groups in total. The molecule has 0 saturated carbocycles. The first-order chi connectivity index (χ1) is 12.8. The molecule has 1 atom stereocenters. The van der Waals surface area contributed by atoms with E-state index in [0.29, 0.717) is 12.0 Å². The molecular weight excluding hydrogens is 329 g/mol. The molecule has 2 saturated heterocycles. The van der Waals surface area contributed by atoms with Crippen LogP contribution in [0.15, 0.2) is 42.6 Å². The standard InChI is InChI=1S/C21H26FN3O/c22-18-3-1-5-20(14-18)25-10-2-4-19(15-25)24-21-13-17(6-9-23-21)16-7-11-26-12-8-16/h1,3,5-6,9,13-14,16,19H,2,4,7-8,10-12,15H2,(H,23,24)/t19-/m1/s1. The summed E-state index contributed by atoms with van der Waals surface area (Å²) >= 11 is 0. The quantitative estimate of drug-likeness (QED) is 0.892. The van der Waals surface area contributed by atoms with Crippen molar-refractivity contribution in [1.82, 2.24) is 4.98 Å². The highest BCUT2D eigenvalue weighted by molar-refractivity contribution is 5.48. The molecule has 138 valence electrons. The van der Waals surface area contributed by atoms with E-state index in [9.17, 15) is 4.39 Å². The average molecular weight is 355 g/mol. The van der Waals surface area contributed by atoms with Gasteiger partial charge in [-0.15, -0.1) is 0 Å². The van der Waals surface area contributed by atoms with Gasteiger partial charge < -0.3 is 15.0 Å². The minimum Gasteiger partial charge on any atom is -0.381 e. The lowest BCUT2D eigenvalue weighted by Gasteiger charge is -2.35. The molecule has 3 heterocycles. The summed E-state index contributed by atoms with van der Waals surface area (Å²) in [6.07, 6.45) is 6.27. The number of nitrogens with one attached hydrogen (secondary N) is 1. The Morgan fingerprint density at radius 1 is 1.12 bits per heavy atom. The third-order valence-electron chi connectivity index (χ3n) is 5.42. The van der Waals surface area contributed by atoms with Crippen molar-refractivity contribution in [3.8, 4) is 0 Å². The van der Waals surface area contributed by atoms with E-state index in [4.69, 9.17) is 4.74 Å². The second-order valence-electron chi connectivity index (χ2n) is 7.27. The lowest BCUT2D eigenvalue weighted by molar-refractivity contribution is 0.0853. The number of halogens is 1. The smallest absolute Gasteiger partial charge is 0.126 e. The summed E-state index contributed by atoms with van der Waals surface area (Å²) in [7, 11) is 0. The van der Waals surface area contributed by atoms with Gasteiger partial charge in [0.15, 0.2) is 0 Å². The molecule has 1 aromatic heterocycles. The second kappa shape index (κ2) is 8.04. The van der Waals surface area contributed by atoms with Crippen LogP contribution >= 0.6 is 0 Å².